The highest BCUT2D eigenvalue weighted by molar-refractivity contribution is 5.41. The van der Waals surface area contributed by atoms with Gasteiger partial charge in [0.2, 0.25) is 0 Å². The van der Waals surface area contributed by atoms with E-state index in [-0.39, 0.29) is 12.0 Å². The predicted octanol–water partition coefficient (Wildman–Crippen LogP) is 0.604. The molecule has 1 aliphatic rings. The van der Waals surface area contributed by atoms with E-state index in [0.29, 0.717) is 0 Å². The Bertz CT molecular complexity index is 317. The lowest BCUT2D eigenvalue weighted by Gasteiger charge is -2.47. The quantitative estimate of drug-likeness (QED) is 0.747. The molecule has 0 saturated carbocycles. The lowest BCUT2D eigenvalue weighted by molar-refractivity contribution is 0.110. The van der Waals surface area contributed by atoms with Crippen LogP contribution in [0.4, 0.5) is 5.82 Å². The van der Waals surface area contributed by atoms with Crippen LogP contribution in [-0.4, -0.2) is 35.0 Å². The van der Waals surface area contributed by atoms with Crippen molar-refractivity contribution in [1.29, 1.82) is 0 Å². The second-order valence-corrected chi connectivity index (χ2v) is 4.36. The highest BCUT2D eigenvalue weighted by atomic mass is 16.3. The van der Waals surface area contributed by atoms with Crippen molar-refractivity contribution in [3.8, 4) is 0 Å². The minimum absolute atomic E-state index is 0.0482. The van der Waals surface area contributed by atoms with Gasteiger partial charge < -0.3 is 10.0 Å². The monoisotopic (exact) mass is 193 g/mol. The van der Waals surface area contributed by atoms with Gasteiger partial charge in [0, 0.05) is 18.5 Å². The molecule has 2 rings (SSSR count). The number of hydrogen-bond donors (Lipinski definition) is 1. The number of nitrogens with zero attached hydrogens (tertiary/aromatic N) is 3. The van der Waals surface area contributed by atoms with Gasteiger partial charge >= 0.3 is 0 Å². The normalized spacial score (nSPS) is 19.2. The van der Waals surface area contributed by atoms with Gasteiger partial charge in [-0.2, -0.15) is 5.10 Å². The number of aromatic nitrogens is 2. The Hall–Kier alpha value is -1.16. The van der Waals surface area contributed by atoms with Crippen LogP contribution in [-0.2, 0) is 0 Å². The first-order valence-corrected chi connectivity index (χ1v) is 4.79. The molecule has 0 unspecified atom stereocenters. The molecule has 76 valence electrons. The SMILES string of the molecule is Cc1ccc(N2CC(C)(CO)C2)nn1. The molecular weight excluding hydrogens is 178 g/mol. The molecule has 4 nitrogen and oxygen atoms in total. The summed E-state index contributed by atoms with van der Waals surface area (Å²) in [6, 6.07) is 3.93. The van der Waals surface area contributed by atoms with E-state index < -0.39 is 0 Å². The first-order valence-electron chi connectivity index (χ1n) is 4.79. The summed E-state index contributed by atoms with van der Waals surface area (Å²) in [5, 5.41) is 17.2. The summed E-state index contributed by atoms with van der Waals surface area (Å²) < 4.78 is 0. The van der Waals surface area contributed by atoms with Gasteiger partial charge in [-0.15, -0.1) is 5.10 Å². The van der Waals surface area contributed by atoms with Crippen molar-refractivity contribution in [3.63, 3.8) is 0 Å². The Morgan fingerprint density at radius 1 is 1.43 bits per heavy atom. The van der Waals surface area contributed by atoms with E-state index in [0.717, 1.165) is 24.6 Å². The number of rotatable bonds is 2. The first kappa shape index (κ1) is 9.40. The predicted molar refractivity (Wildman–Crippen MR) is 54.2 cm³/mol. The molecule has 0 radical (unpaired) electrons. The zero-order chi connectivity index (χ0) is 10.2. The maximum atomic E-state index is 9.09. The summed E-state index contributed by atoms with van der Waals surface area (Å²) in [6.07, 6.45) is 0. The molecule has 1 aromatic rings. The molecule has 1 N–H and O–H groups in total. The molecule has 1 saturated heterocycles. The van der Waals surface area contributed by atoms with Crippen LogP contribution in [0.1, 0.15) is 12.6 Å². The molecule has 0 atom stereocenters. The topological polar surface area (TPSA) is 49.2 Å². The van der Waals surface area contributed by atoms with Gasteiger partial charge in [-0.1, -0.05) is 6.92 Å². The Kier molecular flexibility index (Phi) is 2.15. The van der Waals surface area contributed by atoms with Crippen molar-refractivity contribution in [2.75, 3.05) is 24.6 Å². The zero-order valence-electron chi connectivity index (χ0n) is 8.56. The average molecular weight is 193 g/mol. The largest absolute Gasteiger partial charge is 0.396 e. The molecule has 1 aromatic heterocycles. The van der Waals surface area contributed by atoms with Gasteiger partial charge in [0.15, 0.2) is 5.82 Å². The van der Waals surface area contributed by atoms with E-state index in [2.05, 4.69) is 22.0 Å². The van der Waals surface area contributed by atoms with Crippen LogP contribution in [0.2, 0.25) is 0 Å². The maximum absolute atomic E-state index is 9.09. The molecule has 2 heterocycles. The molecule has 0 amide bonds. The lowest BCUT2D eigenvalue weighted by atomic mass is 9.83. The van der Waals surface area contributed by atoms with E-state index in [4.69, 9.17) is 5.11 Å². The molecular formula is C10H15N3O. The zero-order valence-corrected chi connectivity index (χ0v) is 8.56. The average Bonchev–Trinajstić information content (AvgIpc) is 2.15. The van der Waals surface area contributed by atoms with Crippen LogP contribution in [0.15, 0.2) is 12.1 Å². The summed E-state index contributed by atoms with van der Waals surface area (Å²) in [7, 11) is 0. The standard InChI is InChI=1S/C10H15N3O/c1-8-3-4-9(12-11-8)13-5-10(2,6-13)7-14/h3-4,14H,5-7H2,1-2H3. The van der Waals surface area contributed by atoms with Crippen molar-refractivity contribution >= 4 is 5.82 Å². The third-order valence-electron chi connectivity index (χ3n) is 2.63. The van der Waals surface area contributed by atoms with E-state index in [1.54, 1.807) is 0 Å². The van der Waals surface area contributed by atoms with Crippen molar-refractivity contribution in [1.82, 2.24) is 10.2 Å². The molecule has 0 spiro atoms. The van der Waals surface area contributed by atoms with Crippen molar-refractivity contribution in [2.45, 2.75) is 13.8 Å². The summed E-state index contributed by atoms with van der Waals surface area (Å²) in [4.78, 5) is 2.13. The van der Waals surface area contributed by atoms with Gasteiger partial charge in [-0.25, -0.2) is 0 Å². The molecule has 0 aliphatic carbocycles. The molecule has 4 heteroatoms. The number of aryl methyl sites for hydroxylation is 1. The Morgan fingerprint density at radius 3 is 2.64 bits per heavy atom. The minimum atomic E-state index is 0.0482. The van der Waals surface area contributed by atoms with Gasteiger partial charge in [-0.3, -0.25) is 0 Å². The molecule has 1 fully saturated rings. The van der Waals surface area contributed by atoms with Crippen molar-refractivity contribution in [2.24, 2.45) is 5.41 Å². The van der Waals surface area contributed by atoms with Gasteiger partial charge in [0.05, 0.1) is 12.3 Å². The molecule has 14 heavy (non-hydrogen) atoms. The summed E-state index contributed by atoms with van der Waals surface area (Å²) in [5.41, 5.74) is 0.978. The van der Waals surface area contributed by atoms with Crippen LogP contribution in [0.25, 0.3) is 0 Å². The second-order valence-electron chi connectivity index (χ2n) is 4.36. The number of aliphatic hydroxyl groups excluding tert-OH is 1. The van der Waals surface area contributed by atoms with Crippen LogP contribution in [0.3, 0.4) is 0 Å². The fourth-order valence-electron chi connectivity index (χ4n) is 1.70. The van der Waals surface area contributed by atoms with E-state index in [9.17, 15) is 0 Å². The van der Waals surface area contributed by atoms with Crippen LogP contribution in [0, 0.1) is 12.3 Å². The van der Waals surface area contributed by atoms with Gasteiger partial charge in [0.1, 0.15) is 0 Å². The lowest BCUT2D eigenvalue weighted by Crippen LogP contribution is -2.57. The van der Waals surface area contributed by atoms with E-state index >= 15 is 0 Å². The summed E-state index contributed by atoms with van der Waals surface area (Å²) >= 11 is 0. The van der Waals surface area contributed by atoms with Gasteiger partial charge in [0.25, 0.3) is 0 Å². The maximum Gasteiger partial charge on any atom is 0.151 e. The highest BCUT2D eigenvalue weighted by Crippen LogP contribution is 2.31. The molecule has 0 aromatic carbocycles. The van der Waals surface area contributed by atoms with E-state index in [1.807, 2.05) is 19.1 Å². The summed E-state index contributed by atoms with van der Waals surface area (Å²) in [6.45, 7) is 5.96. The number of aliphatic hydroxyl groups is 1. The van der Waals surface area contributed by atoms with Crippen LogP contribution in [0.5, 0.6) is 0 Å². The van der Waals surface area contributed by atoms with Crippen LogP contribution < -0.4 is 4.90 Å². The Morgan fingerprint density at radius 2 is 2.14 bits per heavy atom. The smallest absolute Gasteiger partial charge is 0.151 e. The Labute approximate surface area is 83.6 Å². The van der Waals surface area contributed by atoms with Crippen molar-refractivity contribution in [3.05, 3.63) is 17.8 Å². The fraction of sp³-hybridized carbons (Fsp3) is 0.600. The first-order chi connectivity index (χ1) is 6.63. The second kappa shape index (κ2) is 3.20. The third-order valence-corrected chi connectivity index (χ3v) is 2.63. The molecule has 0 bridgehead atoms. The third kappa shape index (κ3) is 1.57. The van der Waals surface area contributed by atoms with Crippen molar-refractivity contribution < 1.29 is 5.11 Å². The van der Waals surface area contributed by atoms with E-state index in [1.165, 1.54) is 0 Å². The number of hydrogen-bond acceptors (Lipinski definition) is 4. The fourth-order valence-corrected chi connectivity index (χ4v) is 1.70. The van der Waals surface area contributed by atoms with Crippen LogP contribution >= 0.6 is 0 Å². The van der Waals surface area contributed by atoms with Gasteiger partial charge in [-0.05, 0) is 19.1 Å². The minimum Gasteiger partial charge on any atom is -0.396 e. The highest BCUT2D eigenvalue weighted by Gasteiger charge is 2.38. The number of anilines is 1. The summed E-state index contributed by atoms with van der Waals surface area (Å²) in [5.74, 6) is 0.904. The molecule has 1 aliphatic heterocycles. The Balaban J connectivity index is 2.03.